The second-order valence-electron chi connectivity index (χ2n) is 5.81. The number of alkyl halides is 2. The second-order valence-corrected chi connectivity index (χ2v) is 5.81. The number of aromatic nitrogens is 3. The maximum absolute atomic E-state index is 12.4. The molecule has 0 saturated heterocycles. The number of amides is 1. The largest absolute Gasteiger partial charge is 0.435 e. The van der Waals surface area contributed by atoms with Gasteiger partial charge in [-0.2, -0.15) is 8.78 Å². The topological polar surface area (TPSA) is 86.1 Å². The van der Waals surface area contributed by atoms with E-state index in [9.17, 15) is 18.4 Å². The highest BCUT2D eigenvalue weighted by atomic mass is 19.3. The van der Waals surface area contributed by atoms with Crippen LogP contribution in [0.2, 0.25) is 0 Å². The Labute approximate surface area is 152 Å². The highest BCUT2D eigenvalue weighted by Gasteiger charge is 2.13. The van der Waals surface area contributed by atoms with Gasteiger partial charge in [-0.15, -0.1) is 5.10 Å². The fourth-order valence-corrected chi connectivity index (χ4v) is 2.57. The van der Waals surface area contributed by atoms with Gasteiger partial charge in [0.15, 0.2) is 0 Å². The summed E-state index contributed by atoms with van der Waals surface area (Å²) in [5, 5.41) is 10.8. The SMILES string of the molecule is C[C@H](NC(=O)Cn1nnc2ccccc2c1=O)c1ccc(OC(F)F)cc1. The van der Waals surface area contributed by atoms with Gasteiger partial charge < -0.3 is 10.1 Å². The van der Waals surface area contributed by atoms with Crippen LogP contribution in [0.1, 0.15) is 18.5 Å². The molecular formula is C18H16F2N4O3. The summed E-state index contributed by atoms with van der Waals surface area (Å²) in [5.74, 6) is -0.396. The number of hydrogen-bond acceptors (Lipinski definition) is 5. The van der Waals surface area contributed by atoms with E-state index in [4.69, 9.17) is 0 Å². The number of halogens is 2. The molecule has 9 heteroatoms. The molecular weight excluding hydrogens is 358 g/mol. The van der Waals surface area contributed by atoms with Gasteiger partial charge in [0.25, 0.3) is 5.56 Å². The first-order valence-electron chi connectivity index (χ1n) is 8.10. The lowest BCUT2D eigenvalue weighted by Gasteiger charge is -2.15. The molecule has 1 N–H and O–H groups in total. The summed E-state index contributed by atoms with van der Waals surface area (Å²) in [7, 11) is 0. The lowest BCUT2D eigenvalue weighted by atomic mass is 10.1. The standard InChI is InChI=1S/C18H16F2N4O3/c1-11(12-6-8-13(9-7-12)27-18(19)20)21-16(25)10-24-17(26)14-4-2-3-5-15(14)22-23-24/h2-9,11,18H,10H2,1H3,(H,21,25)/t11-/m0/s1. The van der Waals surface area contributed by atoms with Crippen molar-refractivity contribution in [2.45, 2.75) is 26.1 Å². The van der Waals surface area contributed by atoms with Gasteiger partial charge in [-0.05, 0) is 36.8 Å². The van der Waals surface area contributed by atoms with Crippen LogP contribution in [-0.4, -0.2) is 27.5 Å². The molecule has 0 saturated carbocycles. The van der Waals surface area contributed by atoms with Crippen molar-refractivity contribution in [3.63, 3.8) is 0 Å². The van der Waals surface area contributed by atoms with Crippen molar-refractivity contribution in [3.05, 3.63) is 64.4 Å². The van der Waals surface area contributed by atoms with Crippen LogP contribution in [-0.2, 0) is 11.3 Å². The van der Waals surface area contributed by atoms with Gasteiger partial charge in [-0.3, -0.25) is 9.59 Å². The number of carbonyl (C=O) groups excluding carboxylic acids is 1. The third kappa shape index (κ3) is 4.43. The Morgan fingerprint density at radius 1 is 1.19 bits per heavy atom. The van der Waals surface area contributed by atoms with Gasteiger partial charge in [0.1, 0.15) is 17.8 Å². The van der Waals surface area contributed by atoms with Crippen LogP contribution in [0.15, 0.2) is 53.3 Å². The molecule has 0 bridgehead atoms. The normalized spacial score (nSPS) is 12.1. The molecule has 0 radical (unpaired) electrons. The third-order valence-corrected chi connectivity index (χ3v) is 3.91. The van der Waals surface area contributed by atoms with Gasteiger partial charge in [0, 0.05) is 0 Å². The number of benzene rings is 2. The van der Waals surface area contributed by atoms with Crippen molar-refractivity contribution >= 4 is 16.8 Å². The van der Waals surface area contributed by atoms with Crippen molar-refractivity contribution in [2.24, 2.45) is 0 Å². The highest BCUT2D eigenvalue weighted by molar-refractivity contribution is 5.78. The minimum absolute atomic E-state index is 0.0327. The third-order valence-electron chi connectivity index (χ3n) is 3.91. The molecule has 7 nitrogen and oxygen atoms in total. The molecule has 1 atom stereocenters. The first-order valence-corrected chi connectivity index (χ1v) is 8.10. The Hall–Kier alpha value is -3.36. The molecule has 27 heavy (non-hydrogen) atoms. The van der Waals surface area contributed by atoms with E-state index in [0.717, 1.165) is 4.68 Å². The lowest BCUT2D eigenvalue weighted by molar-refractivity contribution is -0.122. The minimum atomic E-state index is -2.89. The van der Waals surface area contributed by atoms with E-state index in [1.165, 1.54) is 12.1 Å². The summed E-state index contributed by atoms with van der Waals surface area (Å²) >= 11 is 0. The van der Waals surface area contributed by atoms with E-state index < -0.39 is 24.1 Å². The van der Waals surface area contributed by atoms with Gasteiger partial charge in [-0.1, -0.05) is 29.5 Å². The molecule has 1 amide bonds. The number of nitrogens with zero attached hydrogens (tertiary/aromatic N) is 3. The first kappa shape index (κ1) is 18.4. The van der Waals surface area contributed by atoms with Crippen LogP contribution in [0.25, 0.3) is 10.9 Å². The smallest absolute Gasteiger partial charge is 0.387 e. The van der Waals surface area contributed by atoms with Crippen molar-refractivity contribution in [3.8, 4) is 5.75 Å². The Kier molecular flexibility index (Phi) is 5.39. The minimum Gasteiger partial charge on any atom is -0.435 e. The molecule has 0 spiro atoms. The van der Waals surface area contributed by atoms with E-state index in [2.05, 4.69) is 20.4 Å². The lowest BCUT2D eigenvalue weighted by Crippen LogP contribution is -2.35. The summed E-state index contributed by atoms with van der Waals surface area (Å²) < 4.78 is 29.6. The Balaban J connectivity index is 1.67. The summed E-state index contributed by atoms with van der Waals surface area (Å²) in [6.45, 7) is -1.45. The second kappa shape index (κ2) is 7.90. The van der Waals surface area contributed by atoms with Crippen molar-refractivity contribution < 1.29 is 18.3 Å². The summed E-state index contributed by atoms with van der Waals surface area (Å²) in [4.78, 5) is 24.6. The zero-order valence-electron chi connectivity index (χ0n) is 14.3. The molecule has 0 aliphatic heterocycles. The van der Waals surface area contributed by atoms with Crippen LogP contribution < -0.4 is 15.6 Å². The van der Waals surface area contributed by atoms with Crippen LogP contribution in [0.3, 0.4) is 0 Å². The van der Waals surface area contributed by atoms with E-state index in [-0.39, 0.29) is 12.3 Å². The fraction of sp³-hybridized carbons (Fsp3) is 0.222. The van der Waals surface area contributed by atoms with Crippen LogP contribution in [0, 0.1) is 0 Å². The zero-order chi connectivity index (χ0) is 19.4. The summed E-state index contributed by atoms with van der Waals surface area (Å²) in [6.07, 6.45) is 0. The Morgan fingerprint density at radius 3 is 2.59 bits per heavy atom. The van der Waals surface area contributed by atoms with Crippen molar-refractivity contribution in [1.29, 1.82) is 0 Å². The van der Waals surface area contributed by atoms with Crippen molar-refractivity contribution in [1.82, 2.24) is 20.3 Å². The monoisotopic (exact) mass is 374 g/mol. The summed E-state index contributed by atoms with van der Waals surface area (Å²) in [5.41, 5.74) is 0.748. The van der Waals surface area contributed by atoms with E-state index in [0.29, 0.717) is 16.5 Å². The summed E-state index contributed by atoms with van der Waals surface area (Å²) in [6, 6.07) is 12.3. The quantitative estimate of drug-likeness (QED) is 0.715. The van der Waals surface area contributed by atoms with Crippen LogP contribution in [0.4, 0.5) is 8.78 Å². The number of carbonyl (C=O) groups is 1. The molecule has 2 aromatic carbocycles. The molecule has 1 heterocycles. The molecule has 3 aromatic rings. The Morgan fingerprint density at radius 2 is 1.89 bits per heavy atom. The molecule has 0 unspecified atom stereocenters. The molecule has 0 fully saturated rings. The van der Waals surface area contributed by atoms with Gasteiger partial charge >= 0.3 is 6.61 Å². The number of ether oxygens (including phenoxy) is 1. The molecule has 1 aromatic heterocycles. The predicted octanol–water partition coefficient (Wildman–Crippen LogP) is 2.27. The average molecular weight is 374 g/mol. The van der Waals surface area contributed by atoms with Gasteiger partial charge in [-0.25, -0.2) is 4.68 Å². The maximum atomic E-state index is 12.4. The number of fused-ring (bicyclic) bond motifs is 1. The molecule has 0 aliphatic rings. The molecule has 3 rings (SSSR count). The van der Waals surface area contributed by atoms with Gasteiger partial charge in [0.2, 0.25) is 5.91 Å². The zero-order valence-corrected chi connectivity index (χ0v) is 14.3. The molecule has 140 valence electrons. The predicted molar refractivity (Wildman–Crippen MR) is 93.4 cm³/mol. The van der Waals surface area contributed by atoms with E-state index in [1.807, 2.05) is 0 Å². The fourth-order valence-electron chi connectivity index (χ4n) is 2.57. The number of hydrogen-bond donors (Lipinski definition) is 1. The highest BCUT2D eigenvalue weighted by Crippen LogP contribution is 2.19. The van der Waals surface area contributed by atoms with Crippen LogP contribution >= 0.6 is 0 Å². The van der Waals surface area contributed by atoms with Gasteiger partial charge in [0.05, 0.1) is 11.4 Å². The van der Waals surface area contributed by atoms with Crippen LogP contribution in [0.5, 0.6) is 5.75 Å². The number of rotatable bonds is 6. The van der Waals surface area contributed by atoms with Crippen molar-refractivity contribution in [2.75, 3.05) is 0 Å². The van der Waals surface area contributed by atoms with E-state index in [1.54, 1.807) is 43.3 Å². The first-order chi connectivity index (χ1) is 12.9. The average Bonchev–Trinajstić information content (AvgIpc) is 2.64. The molecule has 0 aliphatic carbocycles. The Bertz CT molecular complexity index is 1010. The maximum Gasteiger partial charge on any atom is 0.387 e. The number of nitrogens with one attached hydrogen (secondary N) is 1. The van der Waals surface area contributed by atoms with E-state index >= 15 is 0 Å².